The molecule has 2 aromatic rings. The summed E-state index contributed by atoms with van der Waals surface area (Å²) >= 11 is 0. The average molecular weight is 291 g/mol. The molecule has 0 aromatic heterocycles. The van der Waals surface area contributed by atoms with Gasteiger partial charge in [-0.3, -0.25) is 0 Å². The highest BCUT2D eigenvalue weighted by Crippen LogP contribution is 2.18. The van der Waals surface area contributed by atoms with E-state index in [-0.39, 0.29) is 18.0 Å². The van der Waals surface area contributed by atoms with Gasteiger partial charge in [0.1, 0.15) is 11.6 Å². The van der Waals surface area contributed by atoms with Crippen molar-refractivity contribution in [3.8, 4) is 0 Å². The predicted molar refractivity (Wildman–Crippen MR) is 79.0 cm³/mol. The van der Waals surface area contributed by atoms with Crippen LogP contribution in [0.5, 0.6) is 0 Å². The van der Waals surface area contributed by atoms with E-state index in [0.29, 0.717) is 6.54 Å². The normalized spacial score (nSPS) is 13.9. The Balaban J connectivity index is 1.87. The minimum Gasteiger partial charge on any atom is -0.387 e. The van der Waals surface area contributed by atoms with E-state index in [1.807, 2.05) is 30.3 Å². The van der Waals surface area contributed by atoms with Crippen LogP contribution in [-0.4, -0.2) is 18.2 Å². The maximum absolute atomic E-state index is 13.5. The van der Waals surface area contributed by atoms with Gasteiger partial charge in [-0.25, -0.2) is 8.78 Å². The fourth-order valence-electron chi connectivity index (χ4n) is 2.22. The van der Waals surface area contributed by atoms with Gasteiger partial charge in [-0.2, -0.15) is 0 Å². The van der Waals surface area contributed by atoms with Crippen LogP contribution in [0, 0.1) is 11.6 Å². The van der Waals surface area contributed by atoms with Crippen molar-refractivity contribution in [3.63, 3.8) is 0 Å². The summed E-state index contributed by atoms with van der Waals surface area (Å²) in [5.74, 6) is -0.874. The van der Waals surface area contributed by atoms with Crippen molar-refractivity contribution in [2.24, 2.45) is 0 Å². The van der Waals surface area contributed by atoms with Gasteiger partial charge < -0.3 is 10.4 Å². The molecule has 4 heteroatoms. The highest BCUT2D eigenvalue weighted by molar-refractivity contribution is 5.22. The number of aliphatic hydroxyl groups is 1. The Kier molecular flexibility index (Phi) is 5.42. The third kappa shape index (κ3) is 4.34. The maximum Gasteiger partial charge on any atom is 0.129 e. The Morgan fingerprint density at radius 3 is 2.48 bits per heavy atom. The summed E-state index contributed by atoms with van der Waals surface area (Å²) in [6, 6.07) is 13.1. The van der Waals surface area contributed by atoms with Crippen LogP contribution in [0.2, 0.25) is 0 Å². The number of rotatable bonds is 6. The number of aliphatic hydroxyl groups excluding tert-OH is 1. The van der Waals surface area contributed by atoms with E-state index >= 15 is 0 Å². The lowest BCUT2D eigenvalue weighted by molar-refractivity contribution is 0.169. The first-order valence-electron chi connectivity index (χ1n) is 6.96. The second-order valence-corrected chi connectivity index (χ2v) is 5.15. The Morgan fingerprint density at radius 2 is 1.76 bits per heavy atom. The lowest BCUT2D eigenvalue weighted by Gasteiger charge is -2.16. The molecule has 0 spiro atoms. The highest BCUT2D eigenvalue weighted by Gasteiger charge is 2.14. The zero-order valence-electron chi connectivity index (χ0n) is 11.9. The van der Waals surface area contributed by atoms with Gasteiger partial charge in [0.25, 0.3) is 0 Å². The van der Waals surface area contributed by atoms with E-state index in [0.717, 1.165) is 18.2 Å². The number of hydrogen-bond donors (Lipinski definition) is 2. The van der Waals surface area contributed by atoms with Crippen LogP contribution in [0.25, 0.3) is 0 Å². The van der Waals surface area contributed by atoms with E-state index in [4.69, 9.17) is 0 Å². The van der Waals surface area contributed by atoms with Crippen LogP contribution in [0.3, 0.4) is 0 Å². The van der Waals surface area contributed by atoms with Gasteiger partial charge in [-0.15, -0.1) is 0 Å². The molecule has 0 aliphatic carbocycles. The summed E-state index contributed by atoms with van der Waals surface area (Å²) in [6.07, 6.45) is -1.07. The molecule has 2 N–H and O–H groups in total. The molecule has 0 saturated heterocycles. The summed E-state index contributed by atoms with van der Waals surface area (Å²) in [7, 11) is 0. The molecule has 0 fully saturated rings. The monoisotopic (exact) mass is 291 g/mol. The second kappa shape index (κ2) is 7.29. The third-order valence-electron chi connectivity index (χ3n) is 3.47. The van der Waals surface area contributed by atoms with Crippen LogP contribution in [0.1, 0.15) is 30.1 Å². The van der Waals surface area contributed by atoms with Crippen molar-refractivity contribution < 1.29 is 13.9 Å². The lowest BCUT2D eigenvalue weighted by atomic mass is 10.0. The summed E-state index contributed by atoms with van der Waals surface area (Å²) in [4.78, 5) is 0. The van der Waals surface area contributed by atoms with Gasteiger partial charge in [0, 0.05) is 18.7 Å². The van der Waals surface area contributed by atoms with E-state index in [1.54, 1.807) is 0 Å². The fourth-order valence-corrected chi connectivity index (χ4v) is 2.22. The first-order valence-corrected chi connectivity index (χ1v) is 6.96. The first-order chi connectivity index (χ1) is 10.1. The first kappa shape index (κ1) is 15.6. The minimum atomic E-state index is -1.07. The van der Waals surface area contributed by atoms with Crippen molar-refractivity contribution in [2.75, 3.05) is 13.1 Å². The number of hydrogen-bond acceptors (Lipinski definition) is 2. The molecule has 0 radical (unpaired) electrons. The Bertz CT molecular complexity index is 574. The summed E-state index contributed by atoms with van der Waals surface area (Å²) < 4.78 is 26.6. The molecule has 112 valence electrons. The number of benzene rings is 2. The molecule has 21 heavy (non-hydrogen) atoms. The van der Waals surface area contributed by atoms with Crippen LogP contribution in [0.4, 0.5) is 8.78 Å². The molecule has 2 aromatic carbocycles. The molecule has 0 bridgehead atoms. The van der Waals surface area contributed by atoms with Crippen molar-refractivity contribution in [2.45, 2.75) is 18.9 Å². The van der Waals surface area contributed by atoms with E-state index in [9.17, 15) is 13.9 Å². The zero-order valence-corrected chi connectivity index (χ0v) is 11.9. The van der Waals surface area contributed by atoms with Gasteiger partial charge in [-0.05, 0) is 29.7 Å². The lowest BCUT2D eigenvalue weighted by Crippen LogP contribution is -2.26. The fraction of sp³-hybridized carbons (Fsp3) is 0.294. The van der Waals surface area contributed by atoms with E-state index in [1.165, 1.54) is 5.56 Å². The molecule has 2 nitrogen and oxygen atoms in total. The van der Waals surface area contributed by atoms with Gasteiger partial charge in [0.15, 0.2) is 0 Å². The third-order valence-corrected chi connectivity index (χ3v) is 3.47. The molecule has 2 atom stereocenters. The minimum absolute atomic E-state index is 0.0186. The molecule has 0 saturated carbocycles. The smallest absolute Gasteiger partial charge is 0.129 e. The standard InChI is InChI=1S/C17H19F2NO/c1-12(13-5-3-2-4-6-13)10-20-11-17(21)15-9-14(18)7-8-16(15)19/h2-9,12,17,20-21H,10-11H2,1H3. The summed E-state index contributed by atoms with van der Waals surface area (Å²) in [6.45, 7) is 2.90. The van der Waals surface area contributed by atoms with Gasteiger partial charge in [-0.1, -0.05) is 37.3 Å². The molecule has 0 heterocycles. The number of halogens is 2. The largest absolute Gasteiger partial charge is 0.387 e. The Hall–Kier alpha value is -1.78. The van der Waals surface area contributed by atoms with Gasteiger partial charge in [0.2, 0.25) is 0 Å². The van der Waals surface area contributed by atoms with Crippen LogP contribution in [-0.2, 0) is 0 Å². The molecule has 0 aliphatic heterocycles. The van der Waals surface area contributed by atoms with Crippen molar-refractivity contribution in [1.29, 1.82) is 0 Å². The summed E-state index contributed by atoms with van der Waals surface area (Å²) in [5, 5.41) is 13.0. The topological polar surface area (TPSA) is 32.3 Å². The van der Waals surface area contributed by atoms with Gasteiger partial charge in [0.05, 0.1) is 6.10 Å². The molecule has 2 unspecified atom stereocenters. The zero-order chi connectivity index (χ0) is 15.2. The van der Waals surface area contributed by atoms with Crippen molar-refractivity contribution >= 4 is 0 Å². The summed E-state index contributed by atoms with van der Waals surface area (Å²) in [5.41, 5.74) is 1.17. The van der Waals surface area contributed by atoms with Crippen LogP contribution in [0.15, 0.2) is 48.5 Å². The molecule has 0 amide bonds. The SMILES string of the molecule is CC(CNCC(O)c1cc(F)ccc1F)c1ccccc1. The quantitative estimate of drug-likeness (QED) is 0.855. The molecule has 2 rings (SSSR count). The van der Waals surface area contributed by atoms with Crippen molar-refractivity contribution in [1.82, 2.24) is 5.32 Å². The Morgan fingerprint density at radius 1 is 1.05 bits per heavy atom. The second-order valence-electron chi connectivity index (χ2n) is 5.15. The van der Waals surface area contributed by atoms with Gasteiger partial charge >= 0.3 is 0 Å². The van der Waals surface area contributed by atoms with Crippen LogP contribution < -0.4 is 5.32 Å². The van der Waals surface area contributed by atoms with Crippen LogP contribution >= 0.6 is 0 Å². The molecular weight excluding hydrogens is 272 g/mol. The predicted octanol–water partition coefficient (Wildman–Crippen LogP) is 3.39. The Labute approximate surface area is 123 Å². The average Bonchev–Trinajstić information content (AvgIpc) is 2.50. The maximum atomic E-state index is 13.5. The van der Waals surface area contributed by atoms with E-state index in [2.05, 4.69) is 12.2 Å². The van der Waals surface area contributed by atoms with Crippen molar-refractivity contribution in [3.05, 3.63) is 71.3 Å². The molecular formula is C17H19F2NO. The number of nitrogens with one attached hydrogen (secondary N) is 1. The molecule has 0 aliphatic rings. The van der Waals surface area contributed by atoms with E-state index < -0.39 is 17.7 Å². The highest BCUT2D eigenvalue weighted by atomic mass is 19.1.